The summed E-state index contributed by atoms with van der Waals surface area (Å²) in [6, 6.07) is -1.37. The van der Waals surface area contributed by atoms with Gasteiger partial charge in [0.05, 0.1) is 12.1 Å². The summed E-state index contributed by atoms with van der Waals surface area (Å²) in [5.41, 5.74) is -0.542. The molecule has 0 bridgehead atoms. The fourth-order valence-electron chi connectivity index (χ4n) is 1.59. The molecule has 0 unspecified atom stereocenters. The molecule has 3 N–H and O–H groups in total. The number of carboxylic acid groups (broad SMARTS) is 1. The number of hydrogen-bond donors (Lipinski definition) is 3. The zero-order chi connectivity index (χ0) is 14.3. The molecule has 1 atom stereocenters. The van der Waals surface area contributed by atoms with Crippen LogP contribution in [0.2, 0.25) is 0 Å². The number of carbonyl (C=O) groups excluding carboxylic acids is 1. The first-order valence-corrected chi connectivity index (χ1v) is 5.98. The zero-order valence-corrected chi connectivity index (χ0v) is 11.7. The van der Waals surface area contributed by atoms with Crippen molar-refractivity contribution in [1.82, 2.24) is 10.6 Å². The Morgan fingerprint density at radius 1 is 1.33 bits per heavy atom. The van der Waals surface area contributed by atoms with Crippen LogP contribution in [-0.2, 0) is 9.53 Å². The van der Waals surface area contributed by atoms with Crippen molar-refractivity contribution < 1.29 is 19.4 Å². The molecule has 0 rings (SSSR count). The minimum absolute atomic E-state index is 0.193. The minimum Gasteiger partial charge on any atom is -0.480 e. The van der Waals surface area contributed by atoms with Gasteiger partial charge in [-0.3, -0.25) is 0 Å². The van der Waals surface area contributed by atoms with E-state index in [0.717, 1.165) is 0 Å². The lowest BCUT2D eigenvalue weighted by atomic mass is 10.0. The van der Waals surface area contributed by atoms with Gasteiger partial charge >= 0.3 is 12.0 Å². The summed E-state index contributed by atoms with van der Waals surface area (Å²) in [6.07, 6.45) is 0.396. The Bertz CT molecular complexity index is 290. The Balaban J connectivity index is 4.38. The summed E-state index contributed by atoms with van der Waals surface area (Å²) in [5, 5.41) is 14.1. The predicted molar refractivity (Wildman–Crippen MR) is 68.5 cm³/mol. The molecule has 0 aromatic heterocycles. The van der Waals surface area contributed by atoms with Gasteiger partial charge in [0.15, 0.2) is 0 Å². The van der Waals surface area contributed by atoms with Crippen LogP contribution < -0.4 is 10.6 Å². The lowest BCUT2D eigenvalue weighted by Gasteiger charge is -2.26. The van der Waals surface area contributed by atoms with Gasteiger partial charge in [0.2, 0.25) is 0 Å². The predicted octanol–water partition coefficient (Wildman–Crippen LogP) is 1.21. The molecular formula is C12H24N2O4. The van der Waals surface area contributed by atoms with Gasteiger partial charge in [-0.15, -0.1) is 0 Å². The van der Waals surface area contributed by atoms with E-state index in [9.17, 15) is 9.59 Å². The summed E-state index contributed by atoms with van der Waals surface area (Å²) < 4.78 is 4.97. The fraction of sp³-hybridized carbons (Fsp3) is 0.833. The highest BCUT2D eigenvalue weighted by Gasteiger charge is 2.25. The molecule has 2 amide bonds. The molecule has 0 aliphatic rings. The van der Waals surface area contributed by atoms with Crippen LogP contribution in [0.5, 0.6) is 0 Å². The summed E-state index contributed by atoms with van der Waals surface area (Å²) >= 11 is 0. The smallest absolute Gasteiger partial charge is 0.326 e. The van der Waals surface area contributed by atoms with Gasteiger partial charge in [-0.2, -0.15) is 0 Å². The fourth-order valence-corrected chi connectivity index (χ4v) is 1.59. The highest BCUT2D eigenvalue weighted by molar-refractivity contribution is 5.82. The molecule has 0 aliphatic heterocycles. The van der Waals surface area contributed by atoms with E-state index in [2.05, 4.69) is 10.6 Å². The second kappa shape index (κ2) is 7.20. The van der Waals surface area contributed by atoms with Crippen molar-refractivity contribution in [2.24, 2.45) is 5.92 Å². The van der Waals surface area contributed by atoms with Crippen molar-refractivity contribution in [3.63, 3.8) is 0 Å². The molecule has 0 fully saturated rings. The van der Waals surface area contributed by atoms with Crippen LogP contribution in [-0.4, -0.2) is 42.4 Å². The summed E-state index contributed by atoms with van der Waals surface area (Å²) in [7, 11) is 1.54. The van der Waals surface area contributed by atoms with Gasteiger partial charge < -0.3 is 20.5 Å². The number of hydrogen-bond acceptors (Lipinski definition) is 3. The van der Waals surface area contributed by atoms with Gasteiger partial charge in [0.1, 0.15) is 6.04 Å². The van der Waals surface area contributed by atoms with Crippen molar-refractivity contribution in [3.8, 4) is 0 Å². The Morgan fingerprint density at radius 2 is 1.89 bits per heavy atom. The number of carboxylic acids is 1. The maximum atomic E-state index is 11.7. The number of amides is 2. The van der Waals surface area contributed by atoms with Crippen molar-refractivity contribution >= 4 is 12.0 Å². The van der Waals surface area contributed by atoms with Crippen LogP contribution in [0.4, 0.5) is 4.79 Å². The monoisotopic (exact) mass is 260 g/mol. The van der Waals surface area contributed by atoms with Gasteiger partial charge in [-0.1, -0.05) is 13.8 Å². The van der Waals surface area contributed by atoms with Gasteiger partial charge in [0, 0.05) is 7.11 Å². The quantitative estimate of drug-likeness (QED) is 0.642. The molecular weight excluding hydrogens is 236 g/mol. The van der Waals surface area contributed by atoms with Crippen LogP contribution >= 0.6 is 0 Å². The third-order valence-electron chi connectivity index (χ3n) is 2.27. The highest BCUT2D eigenvalue weighted by atomic mass is 16.5. The average Bonchev–Trinajstić information content (AvgIpc) is 2.14. The molecule has 18 heavy (non-hydrogen) atoms. The maximum absolute atomic E-state index is 11.7. The van der Waals surface area contributed by atoms with E-state index in [1.807, 2.05) is 13.8 Å². The molecule has 0 aliphatic carbocycles. The lowest BCUT2D eigenvalue weighted by molar-refractivity contribution is -0.139. The second-order valence-corrected chi connectivity index (χ2v) is 5.44. The van der Waals surface area contributed by atoms with E-state index in [4.69, 9.17) is 9.84 Å². The van der Waals surface area contributed by atoms with E-state index < -0.39 is 23.6 Å². The number of nitrogens with one attached hydrogen (secondary N) is 2. The van der Waals surface area contributed by atoms with Gasteiger partial charge in [-0.25, -0.2) is 9.59 Å². The number of urea groups is 1. The molecule has 6 nitrogen and oxygen atoms in total. The molecule has 6 heteroatoms. The highest BCUT2D eigenvalue weighted by Crippen LogP contribution is 2.06. The SMILES string of the molecule is COCC(C)(C)NC(=O)N[C@H](CC(C)C)C(=O)O. The van der Waals surface area contributed by atoms with E-state index in [1.165, 1.54) is 0 Å². The van der Waals surface area contributed by atoms with Crippen LogP contribution in [0.3, 0.4) is 0 Å². The molecule has 0 radical (unpaired) electrons. The van der Waals surface area contributed by atoms with Crippen LogP contribution in [0.25, 0.3) is 0 Å². The van der Waals surface area contributed by atoms with Crippen LogP contribution in [0.15, 0.2) is 0 Å². The Morgan fingerprint density at radius 3 is 2.28 bits per heavy atom. The summed E-state index contributed by atoms with van der Waals surface area (Å²) in [6.45, 7) is 7.76. The first-order chi connectivity index (χ1) is 8.18. The standard InChI is InChI=1S/C12H24N2O4/c1-8(2)6-9(10(15)16)13-11(17)14-12(3,4)7-18-5/h8-9H,6-7H2,1-5H3,(H,15,16)(H2,13,14,17)/t9-/m1/s1. The minimum atomic E-state index is -1.02. The van der Waals surface area contributed by atoms with Crippen molar-refractivity contribution in [3.05, 3.63) is 0 Å². The van der Waals surface area contributed by atoms with E-state index in [1.54, 1.807) is 21.0 Å². The first-order valence-electron chi connectivity index (χ1n) is 5.98. The van der Waals surface area contributed by atoms with Crippen molar-refractivity contribution in [1.29, 1.82) is 0 Å². The number of carbonyl (C=O) groups is 2. The number of aliphatic carboxylic acids is 1. The first kappa shape index (κ1) is 16.7. The average molecular weight is 260 g/mol. The Labute approximate surface area is 108 Å². The van der Waals surface area contributed by atoms with Gasteiger partial charge in [0.25, 0.3) is 0 Å². The number of rotatable bonds is 7. The maximum Gasteiger partial charge on any atom is 0.326 e. The van der Waals surface area contributed by atoms with E-state index >= 15 is 0 Å². The molecule has 0 saturated heterocycles. The third-order valence-corrected chi connectivity index (χ3v) is 2.27. The number of ether oxygens (including phenoxy) is 1. The summed E-state index contributed by atoms with van der Waals surface area (Å²) in [5.74, 6) is -0.832. The van der Waals surface area contributed by atoms with Crippen molar-refractivity contribution in [2.75, 3.05) is 13.7 Å². The van der Waals surface area contributed by atoms with E-state index in [-0.39, 0.29) is 5.92 Å². The molecule has 0 saturated carbocycles. The zero-order valence-electron chi connectivity index (χ0n) is 11.7. The van der Waals surface area contributed by atoms with Crippen LogP contribution in [0.1, 0.15) is 34.1 Å². The van der Waals surface area contributed by atoms with E-state index in [0.29, 0.717) is 13.0 Å². The summed E-state index contributed by atoms with van der Waals surface area (Å²) in [4.78, 5) is 22.7. The molecule has 0 aromatic carbocycles. The third kappa shape index (κ3) is 7.11. The van der Waals surface area contributed by atoms with Crippen molar-refractivity contribution in [2.45, 2.75) is 45.7 Å². The molecule has 0 spiro atoms. The number of methoxy groups -OCH3 is 1. The van der Waals surface area contributed by atoms with Gasteiger partial charge in [-0.05, 0) is 26.2 Å². The molecule has 0 aromatic rings. The normalized spacial score (nSPS) is 13.2. The largest absolute Gasteiger partial charge is 0.480 e. The molecule has 106 valence electrons. The molecule has 0 heterocycles. The Hall–Kier alpha value is -1.30. The Kier molecular flexibility index (Phi) is 6.68. The van der Waals surface area contributed by atoms with Crippen LogP contribution in [0, 0.1) is 5.92 Å². The second-order valence-electron chi connectivity index (χ2n) is 5.44. The lowest BCUT2D eigenvalue weighted by Crippen LogP contribution is -2.54. The topological polar surface area (TPSA) is 87.7 Å².